The number of carbonyl (C=O) groups is 1. The second-order valence-corrected chi connectivity index (χ2v) is 6.73. The van der Waals surface area contributed by atoms with Gasteiger partial charge in [-0.25, -0.2) is 9.37 Å². The lowest BCUT2D eigenvalue weighted by Crippen LogP contribution is -2.39. The van der Waals surface area contributed by atoms with Crippen LogP contribution in [0.2, 0.25) is 0 Å². The minimum absolute atomic E-state index is 0.0583. The number of pyridine rings is 1. The molecule has 1 aromatic carbocycles. The van der Waals surface area contributed by atoms with Gasteiger partial charge in [0, 0.05) is 31.1 Å². The van der Waals surface area contributed by atoms with Gasteiger partial charge in [0.1, 0.15) is 11.5 Å². The van der Waals surface area contributed by atoms with Crippen LogP contribution in [0.5, 0.6) is 0 Å². The van der Waals surface area contributed by atoms with Crippen LogP contribution in [0.15, 0.2) is 48.7 Å². The van der Waals surface area contributed by atoms with Gasteiger partial charge < -0.3 is 19.4 Å². The molecule has 1 aliphatic rings. The third kappa shape index (κ3) is 4.21. The maximum atomic E-state index is 13.3. The van der Waals surface area contributed by atoms with Gasteiger partial charge in [0.15, 0.2) is 0 Å². The molecule has 28 heavy (non-hydrogen) atoms. The molecule has 7 heteroatoms. The lowest BCUT2D eigenvalue weighted by atomic mass is 10.1. The van der Waals surface area contributed by atoms with Crippen LogP contribution < -0.4 is 5.32 Å². The summed E-state index contributed by atoms with van der Waals surface area (Å²) in [6.45, 7) is 2.57. The topological polar surface area (TPSA) is 65.4 Å². The molecule has 0 aliphatic carbocycles. The molecule has 0 unspecified atom stereocenters. The van der Waals surface area contributed by atoms with Gasteiger partial charge in [-0.2, -0.15) is 0 Å². The maximum absolute atomic E-state index is 13.3. The van der Waals surface area contributed by atoms with E-state index in [1.807, 2.05) is 22.8 Å². The third-order valence-corrected chi connectivity index (χ3v) is 4.77. The third-order valence-electron chi connectivity index (χ3n) is 4.77. The minimum Gasteiger partial charge on any atom is -0.376 e. The fraction of sp³-hybridized carbons (Fsp3) is 0.333. The van der Waals surface area contributed by atoms with Crippen LogP contribution in [0, 0.1) is 5.82 Å². The summed E-state index contributed by atoms with van der Waals surface area (Å²) in [6, 6.07) is 12.2. The molecular formula is C21H22FN3O3. The fourth-order valence-corrected chi connectivity index (χ4v) is 3.36. The molecule has 0 spiro atoms. The van der Waals surface area contributed by atoms with Gasteiger partial charge in [-0.1, -0.05) is 0 Å². The van der Waals surface area contributed by atoms with E-state index in [2.05, 4.69) is 10.3 Å². The quantitative estimate of drug-likeness (QED) is 0.711. The van der Waals surface area contributed by atoms with Crippen molar-refractivity contribution in [2.24, 2.45) is 0 Å². The fourth-order valence-electron chi connectivity index (χ4n) is 3.36. The Balaban J connectivity index is 1.48. The molecule has 3 heterocycles. The summed E-state index contributed by atoms with van der Waals surface area (Å²) < 4.78 is 26.2. The Morgan fingerprint density at radius 2 is 2.11 bits per heavy atom. The highest BCUT2D eigenvalue weighted by atomic mass is 19.1. The van der Waals surface area contributed by atoms with Crippen molar-refractivity contribution in [3.05, 3.63) is 54.5 Å². The predicted molar refractivity (Wildman–Crippen MR) is 103 cm³/mol. The summed E-state index contributed by atoms with van der Waals surface area (Å²) in [5.74, 6) is -0.338. The van der Waals surface area contributed by atoms with E-state index in [0.717, 1.165) is 22.3 Å². The van der Waals surface area contributed by atoms with E-state index in [9.17, 15) is 9.18 Å². The molecule has 3 aromatic rings. The molecule has 1 N–H and O–H groups in total. The number of fused-ring (bicyclic) bond motifs is 1. The zero-order chi connectivity index (χ0) is 19.3. The highest BCUT2D eigenvalue weighted by Crippen LogP contribution is 2.27. The number of nitrogens with zero attached hydrogens (tertiary/aromatic N) is 2. The number of ether oxygens (including phenoxy) is 2. The largest absolute Gasteiger partial charge is 0.376 e. The molecule has 146 valence electrons. The van der Waals surface area contributed by atoms with Crippen molar-refractivity contribution < 1.29 is 18.7 Å². The first-order valence-electron chi connectivity index (χ1n) is 9.37. The van der Waals surface area contributed by atoms with Gasteiger partial charge in [0.05, 0.1) is 31.6 Å². The van der Waals surface area contributed by atoms with Gasteiger partial charge >= 0.3 is 0 Å². The molecule has 0 bridgehead atoms. The van der Waals surface area contributed by atoms with Crippen LogP contribution in [-0.4, -0.2) is 47.9 Å². The number of amides is 1. The van der Waals surface area contributed by atoms with Crippen molar-refractivity contribution in [2.75, 3.05) is 26.4 Å². The number of aryl methyl sites for hydroxylation is 1. The Labute approximate surface area is 162 Å². The van der Waals surface area contributed by atoms with Crippen LogP contribution in [0.25, 0.3) is 22.3 Å². The van der Waals surface area contributed by atoms with Crippen molar-refractivity contribution in [3.8, 4) is 11.3 Å². The van der Waals surface area contributed by atoms with Gasteiger partial charge in [-0.05, 0) is 48.0 Å². The molecule has 1 atom stereocenters. The van der Waals surface area contributed by atoms with E-state index >= 15 is 0 Å². The maximum Gasteiger partial charge on any atom is 0.221 e. The molecule has 0 radical (unpaired) electrons. The van der Waals surface area contributed by atoms with Gasteiger partial charge in [0.25, 0.3) is 0 Å². The second-order valence-electron chi connectivity index (χ2n) is 6.73. The summed E-state index contributed by atoms with van der Waals surface area (Å²) in [5.41, 5.74) is 2.59. The average Bonchev–Trinajstić information content (AvgIpc) is 3.10. The summed E-state index contributed by atoms with van der Waals surface area (Å²) in [5, 5.41) is 3.88. The molecule has 0 saturated carbocycles. The van der Waals surface area contributed by atoms with Crippen molar-refractivity contribution in [2.45, 2.75) is 19.1 Å². The number of hydrogen-bond acceptors (Lipinski definition) is 4. The van der Waals surface area contributed by atoms with Crippen LogP contribution in [-0.2, 0) is 20.8 Å². The first kappa shape index (κ1) is 18.6. The van der Waals surface area contributed by atoms with E-state index in [1.165, 1.54) is 12.1 Å². The Morgan fingerprint density at radius 3 is 2.89 bits per heavy atom. The number of aromatic nitrogens is 2. The average molecular weight is 383 g/mol. The summed E-state index contributed by atoms with van der Waals surface area (Å²) in [7, 11) is 0. The first-order valence-corrected chi connectivity index (χ1v) is 9.37. The van der Waals surface area contributed by atoms with E-state index in [-0.39, 0.29) is 17.8 Å². The molecule has 6 nitrogen and oxygen atoms in total. The van der Waals surface area contributed by atoms with Crippen LogP contribution >= 0.6 is 0 Å². The SMILES string of the molecule is O=C(CCn1c(-c2ccc(F)cc2)cc2cccnc21)NC[C@@H]1COCCO1. The Kier molecular flexibility index (Phi) is 5.64. The summed E-state index contributed by atoms with van der Waals surface area (Å²) in [6.07, 6.45) is 1.94. The lowest BCUT2D eigenvalue weighted by molar-refractivity contribution is -0.124. The number of nitrogens with one attached hydrogen (secondary N) is 1. The Morgan fingerprint density at radius 1 is 1.25 bits per heavy atom. The molecule has 1 fully saturated rings. The van der Waals surface area contributed by atoms with Crippen LogP contribution in [0.4, 0.5) is 4.39 Å². The Bertz CT molecular complexity index is 949. The summed E-state index contributed by atoms with van der Waals surface area (Å²) in [4.78, 5) is 16.8. The predicted octanol–water partition coefficient (Wildman–Crippen LogP) is 2.76. The molecule has 4 rings (SSSR count). The number of benzene rings is 1. The van der Waals surface area contributed by atoms with E-state index in [0.29, 0.717) is 39.3 Å². The van der Waals surface area contributed by atoms with Crippen molar-refractivity contribution >= 4 is 16.9 Å². The molecular weight excluding hydrogens is 361 g/mol. The molecule has 1 amide bonds. The van der Waals surface area contributed by atoms with E-state index in [1.54, 1.807) is 18.3 Å². The Hall–Kier alpha value is -2.77. The molecule has 1 aliphatic heterocycles. The number of rotatable bonds is 6. The molecule has 1 saturated heterocycles. The highest BCUT2D eigenvalue weighted by Gasteiger charge is 2.16. The number of halogens is 1. The standard InChI is InChI=1S/C21H22FN3O3/c22-17-5-3-15(4-6-17)19-12-16-2-1-8-23-21(16)25(19)9-7-20(26)24-13-18-14-27-10-11-28-18/h1-6,8,12,18H,7,9-11,13-14H2,(H,24,26)/t18-/m1/s1. The summed E-state index contributed by atoms with van der Waals surface area (Å²) >= 11 is 0. The van der Waals surface area contributed by atoms with Crippen molar-refractivity contribution in [3.63, 3.8) is 0 Å². The van der Waals surface area contributed by atoms with Crippen LogP contribution in [0.3, 0.4) is 0 Å². The second kappa shape index (κ2) is 8.50. The number of hydrogen-bond donors (Lipinski definition) is 1. The normalized spacial score (nSPS) is 17.0. The van der Waals surface area contributed by atoms with Gasteiger partial charge in [-0.15, -0.1) is 0 Å². The monoisotopic (exact) mass is 383 g/mol. The van der Waals surface area contributed by atoms with Crippen molar-refractivity contribution in [1.29, 1.82) is 0 Å². The minimum atomic E-state index is -0.280. The highest BCUT2D eigenvalue weighted by molar-refractivity contribution is 5.84. The zero-order valence-corrected chi connectivity index (χ0v) is 15.4. The van der Waals surface area contributed by atoms with Gasteiger partial charge in [-0.3, -0.25) is 4.79 Å². The van der Waals surface area contributed by atoms with E-state index in [4.69, 9.17) is 9.47 Å². The van der Waals surface area contributed by atoms with Crippen LogP contribution in [0.1, 0.15) is 6.42 Å². The lowest BCUT2D eigenvalue weighted by Gasteiger charge is -2.23. The van der Waals surface area contributed by atoms with E-state index < -0.39 is 0 Å². The van der Waals surface area contributed by atoms with Crippen molar-refractivity contribution in [1.82, 2.24) is 14.9 Å². The van der Waals surface area contributed by atoms with Gasteiger partial charge in [0.2, 0.25) is 5.91 Å². The zero-order valence-electron chi connectivity index (χ0n) is 15.4. The molecule has 2 aromatic heterocycles. The number of carbonyl (C=O) groups excluding carboxylic acids is 1. The smallest absolute Gasteiger partial charge is 0.221 e. The first-order chi connectivity index (χ1) is 13.7.